The normalized spacial score (nSPS) is 11.9. The molecule has 0 saturated carbocycles. The number of rotatable bonds is 1. The van der Waals surface area contributed by atoms with Crippen molar-refractivity contribution in [3.05, 3.63) is 79.3 Å². The van der Waals surface area contributed by atoms with Gasteiger partial charge < -0.3 is 10.3 Å². The SMILES string of the molecule is c1cnc2c(c1)-c1nc(-c3ccc4ccccc4c3)[nH]c1-c1ccncc1N2. The zero-order valence-corrected chi connectivity index (χ0v) is 14.8. The van der Waals surface area contributed by atoms with Gasteiger partial charge in [0.1, 0.15) is 17.3 Å². The Labute approximate surface area is 161 Å². The van der Waals surface area contributed by atoms with Crippen LogP contribution in [0.2, 0.25) is 0 Å². The van der Waals surface area contributed by atoms with E-state index in [9.17, 15) is 0 Å². The summed E-state index contributed by atoms with van der Waals surface area (Å²) in [5, 5.41) is 5.80. The standard InChI is InChI=1S/C23H15N5/c1-2-5-15-12-16(8-7-14(15)4-1)22-27-20-17-9-11-24-13-19(17)26-23-18(21(20)28-22)6-3-10-25-23/h1-13H,(H,25,26)(H,27,28). The van der Waals surface area contributed by atoms with E-state index >= 15 is 0 Å². The van der Waals surface area contributed by atoms with E-state index in [1.54, 1.807) is 12.4 Å². The third kappa shape index (κ3) is 2.23. The Morgan fingerprint density at radius 1 is 0.786 bits per heavy atom. The summed E-state index contributed by atoms with van der Waals surface area (Å²) in [6.07, 6.45) is 5.40. The Balaban J connectivity index is 1.61. The number of nitrogens with one attached hydrogen (secondary N) is 2. The van der Waals surface area contributed by atoms with Crippen LogP contribution in [0, 0.1) is 0 Å². The van der Waals surface area contributed by atoms with Crippen LogP contribution in [0.1, 0.15) is 0 Å². The second-order valence-electron chi connectivity index (χ2n) is 6.82. The van der Waals surface area contributed by atoms with E-state index in [4.69, 9.17) is 4.98 Å². The number of hydrogen-bond acceptors (Lipinski definition) is 4. The van der Waals surface area contributed by atoms with Gasteiger partial charge in [0.15, 0.2) is 0 Å². The van der Waals surface area contributed by atoms with Crippen LogP contribution in [0.4, 0.5) is 11.5 Å². The van der Waals surface area contributed by atoms with Gasteiger partial charge in [-0.1, -0.05) is 36.4 Å². The molecule has 1 aliphatic rings. The van der Waals surface area contributed by atoms with Crippen molar-refractivity contribution >= 4 is 22.3 Å². The van der Waals surface area contributed by atoms with E-state index in [2.05, 4.69) is 62.7 Å². The van der Waals surface area contributed by atoms with Gasteiger partial charge in [0, 0.05) is 29.1 Å². The molecule has 0 atom stereocenters. The summed E-state index contributed by atoms with van der Waals surface area (Å²) in [4.78, 5) is 17.3. The lowest BCUT2D eigenvalue weighted by atomic mass is 10.1. The number of aromatic amines is 1. The lowest BCUT2D eigenvalue weighted by Gasteiger charge is -2.08. The van der Waals surface area contributed by atoms with E-state index in [-0.39, 0.29) is 0 Å². The first-order valence-corrected chi connectivity index (χ1v) is 9.13. The lowest BCUT2D eigenvalue weighted by molar-refractivity contribution is 1.26. The highest BCUT2D eigenvalue weighted by Gasteiger charge is 2.24. The second kappa shape index (κ2) is 5.76. The Hall–Kier alpha value is -3.99. The molecule has 0 spiro atoms. The van der Waals surface area contributed by atoms with Gasteiger partial charge in [0.05, 0.1) is 17.6 Å². The molecule has 132 valence electrons. The number of anilines is 2. The zero-order chi connectivity index (χ0) is 18.5. The maximum Gasteiger partial charge on any atom is 0.139 e. The van der Waals surface area contributed by atoms with Crippen molar-refractivity contribution in [3.63, 3.8) is 0 Å². The van der Waals surface area contributed by atoms with Gasteiger partial charge in [-0.05, 0) is 35.0 Å². The molecule has 4 heterocycles. The molecule has 2 aromatic carbocycles. The summed E-state index contributed by atoms with van der Waals surface area (Å²) in [7, 11) is 0. The first kappa shape index (κ1) is 15.1. The number of H-pyrrole nitrogens is 1. The number of imidazole rings is 1. The summed E-state index contributed by atoms with van der Waals surface area (Å²) in [6, 6.07) is 20.7. The van der Waals surface area contributed by atoms with Crippen LogP contribution in [0.15, 0.2) is 79.3 Å². The third-order valence-corrected chi connectivity index (χ3v) is 5.13. The maximum absolute atomic E-state index is 4.97. The maximum atomic E-state index is 4.97. The Kier molecular flexibility index (Phi) is 3.10. The van der Waals surface area contributed by atoms with Gasteiger partial charge >= 0.3 is 0 Å². The summed E-state index contributed by atoms with van der Waals surface area (Å²) >= 11 is 0. The lowest BCUT2D eigenvalue weighted by Crippen LogP contribution is -1.95. The molecule has 5 heteroatoms. The second-order valence-corrected chi connectivity index (χ2v) is 6.82. The molecular formula is C23H15N5. The minimum absolute atomic E-state index is 0.784. The molecule has 0 aliphatic carbocycles. The zero-order valence-electron chi connectivity index (χ0n) is 14.8. The van der Waals surface area contributed by atoms with Crippen molar-refractivity contribution in [3.8, 4) is 33.9 Å². The number of hydrogen-bond donors (Lipinski definition) is 2. The van der Waals surface area contributed by atoms with Gasteiger partial charge in [0.2, 0.25) is 0 Å². The molecule has 5 aromatic rings. The first-order chi connectivity index (χ1) is 13.9. The molecule has 2 N–H and O–H groups in total. The molecule has 0 bridgehead atoms. The van der Waals surface area contributed by atoms with Gasteiger partial charge in [-0.25, -0.2) is 9.97 Å². The molecule has 1 aliphatic heterocycles. The Morgan fingerprint density at radius 3 is 2.68 bits per heavy atom. The number of pyridine rings is 2. The Bertz CT molecular complexity index is 1290. The molecule has 0 radical (unpaired) electrons. The minimum atomic E-state index is 0.784. The van der Waals surface area contributed by atoms with Gasteiger partial charge in [0.25, 0.3) is 0 Å². The highest BCUT2D eigenvalue weighted by Crippen LogP contribution is 2.42. The number of nitrogens with zero attached hydrogens (tertiary/aromatic N) is 3. The minimum Gasteiger partial charge on any atom is -0.338 e. The van der Waals surface area contributed by atoms with Crippen molar-refractivity contribution in [1.82, 2.24) is 19.9 Å². The van der Waals surface area contributed by atoms with Crippen molar-refractivity contribution in [2.45, 2.75) is 0 Å². The van der Waals surface area contributed by atoms with Gasteiger partial charge in [-0.2, -0.15) is 0 Å². The average Bonchev–Trinajstić information content (AvgIpc) is 3.14. The van der Waals surface area contributed by atoms with Crippen molar-refractivity contribution in [2.75, 3.05) is 5.32 Å². The van der Waals surface area contributed by atoms with E-state index in [1.807, 2.05) is 24.4 Å². The molecule has 0 unspecified atom stereocenters. The average molecular weight is 361 g/mol. The van der Waals surface area contributed by atoms with E-state index in [0.29, 0.717) is 0 Å². The fourth-order valence-electron chi connectivity index (χ4n) is 3.77. The number of aromatic nitrogens is 4. The van der Waals surface area contributed by atoms with E-state index in [1.165, 1.54) is 10.8 Å². The van der Waals surface area contributed by atoms with Crippen molar-refractivity contribution in [2.24, 2.45) is 0 Å². The molecule has 0 saturated heterocycles. The summed E-state index contributed by atoms with van der Waals surface area (Å²) in [5.74, 6) is 1.63. The predicted molar refractivity (Wildman–Crippen MR) is 111 cm³/mol. The molecular weight excluding hydrogens is 346 g/mol. The van der Waals surface area contributed by atoms with Crippen LogP contribution < -0.4 is 5.32 Å². The predicted octanol–water partition coefficient (Wildman–Crippen LogP) is 5.41. The highest BCUT2D eigenvalue weighted by molar-refractivity contribution is 5.95. The third-order valence-electron chi connectivity index (χ3n) is 5.13. The Morgan fingerprint density at radius 2 is 1.71 bits per heavy atom. The summed E-state index contributed by atoms with van der Waals surface area (Å²) in [5.41, 5.74) is 5.83. The van der Waals surface area contributed by atoms with Crippen molar-refractivity contribution in [1.29, 1.82) is 0 Å². The number of benzene rings is 2. The van der Waals surface area contributed by atoms with E-state index < -0.39 is 0 Å². The van der Waals surface area contributed by atoms with Crippen molar-refractivity contribution < 1.29 is 0 Å². The molecule has 0 fully saturated rings. The quantitative estimate of drug-likeness (QED) is 0.411. The van der Waals surface area contributed by atoms with Gasteiger partial charge in [-0.15, -0.1) is 0 Å². The molecule has 3 aromatic heterocycles. The molecule has 28 heavy (non-hydrogen) atoms. The molecule has 5 nitrogen and oxygen atoms in total. The topological polar surface area (TPSA) is 66.5 Å². The fourth-order valence-corrected chi connectivity index (χ4v) is 3.77. The fraction of sp³-hybridized carbons (Fsp3) is 0. The van der Waals surface area contributed by atoms with Crippen LogP contribution >= 0.6 is 0 Å². The highest BCUT2D eigenvalue weighted by atomic mass is 15.0. The van der Waals surface area contributed by atoms with Crippen LogP contribution in [-0.4, -0.2) is 19.9 Å². The number of fused-ring (bicyclic) bond motifs is 6. The largest absolute Gasteiger partial charge is 0.338 e. The molecule has 6 rings (SSSR count). The van der Waals surface area contributed by atoms with Crippen LogP contribution in [0.25, 0.3) is 44.7 Å². The summed E-state index contributed by atoms with van der Waals surface area (Å²) < 4.78 is 0. The van der Waals surface area contributed by atoms with Crippen LogP contribution in [0.5, 0.6) is 0 Å². The van der Waals surface area contributed by atoms with Crippen LogP contribution in [-0.2, 0) is 0 Å². The van der Waals surface area contributed by atoms with Gasteiger partial charge in [-0.3, -0.25) is 4.98 Å². The monoisotopic (exact) mass is 361 g/mol. The van der Waals surface area contributed by atoms with Crippen LogP contribution in [0.3, 0.4) is 0 Å². The first-order valence-electron chi connectivity index (χ1n) is 9.13. The molecule has 0 amide bonds. The van der Waals surface area contributed by atoms with E-state index in [0.717, 1.165) is 45.4 Å². The summed E-state index contributed by atoms with van der Waals surface area (Å²) in [6.45, 7) is 0. The smallest absolute Gasteiger partial charge is 0.139 e.